The zero-order valence-electron chi connectivity index (χ0n) is 14.1. The van der Waals surface area contributed by atoms with E-state index >= 15 is 0 Å². The summed E-state index contributed by atoms with van der Waals surface area (Å²) in [6.07, 6.45) is 5.76. The van der Waals surface area contributed by atoms with Crippen molar-refractivity contribution in [3.05, 3.63) is 0 Å². The third-order valence-corrected chi connectivity index (χ3v) is 4.44. The van der Waals surface area contributed by atoms with Crippen molar-refractivity contribution in [2.24, 2.45) is 17.3 Å². The Labute approximate surface area is 125 Å². The number of carbonyl (C=O) groups is 1. The summed E-state index contributed by atoms with van der Waals surface area (Å²) in [6.45, 7) is 12.9. The van der Waals surface area contributed by atoms with Crippen molar-refractivity contribution in [1.82, 2.24) is 10.6 Å². The van der Waals surface area contributed by atoms with Crippen LogP contribution in [0.5, 0.6) is 0 Å². The van der Waals surface area contributed by atoms with Crippen LogP contribution in [0.2, 0.25) is 0 Å². The summed E-state index contributed by atoms with van der Waals surface area (Å²) in [7, 11) is 0. The number of amides is 1. The zero-order chi connectivity index (χ0) is 15.2. The van der Waals surface area contributed by atoms with Gasteiger partial charge in [-0.05, 0) is 42.9 Å². The van der Waals surface area contributed by atoms with E-state index in [2.05, 4.69) is 45.3 Å². The second-order valence-corrected chi connectivity index (χ2v) is 7.82. The molecule has 0 radical (unpaired) electrons. The highest BCUT2D eigenvalue weighted by atomic mass is 16.1. The lowest BCUT2D eigenvalue weighted by atomic mass is 9.71. The summed E-state index contributed by atoms with van der Waals surface area (Å²) < 4.78 is 0. The third kappa shape index (κ3) is 6.74. The molecule has 0 unspecified atom stereocenters. The molecule has 1 rings (SSSR count). The molecule has 1 fully saturated rings. The fraction of sp³-hybridized carbons (Fsp3) is 0.941. The number of nitrogens with one attached hydrogen (secondary N) is 2. The predicted octanol–water partition coefficient (Wildman–Crippen LogP) is 3.34. The van der Waals surface area contributed by atoms with Crippen molar-refractivity contribution in [1.29, 1.82) is 0 Å². The molecule has 0 heterocycles. The van der Waals surface area contributed by atoms with E-state index in [1.807, 2.05) is 0 Å². The van der Waals surface area contributed by atoms with Crippen LogP contribution in [0.1, 0.15) is 66.7 Å². The first-order valence-electron chi connectivity index (χ1n) is 8.29. The lowest BCUT2D eigenvalue weighted by Gasteiger charge is -2.37. The summed E-state index contributed by atoms with van der Waals surface area (Å²) in [5.74, 6) is 1.56. The van der Waals surface area contributed by atoms with Crippen molar-refractivity contribution >= 4 is 5.91 Å². The van der Waals surface area contributed by atoms with Crippen molar-refractivity contribution in [3.8, 4) is 0 Å². The average Bonchev–Trinajstić information content (AvgIpc) is 2.36. The fourth-order valence-electron chi connectivity index (χ4n) is 2.96. The van der Waals surface area contributed by atoms with Gasteiger partial charge in [0.1, 0.15) is 0 Å². The van der Waals surface area contributed by atoms with Crippen molar-refractivity contribution in [2.75, 3.05) is 13.1 Å². The Morgan fingerprint density at radius 2 is 1.75 bits per heavy atom. The van der Waals surface area contributed by atoms with Crippen LogP contribution in [0.25, 0.3) is 0 Å². The molecular weight excluding hydrogens is 248 g/mol. The van der Waals surface area contributed by atoms with E-state index in [0.29, 0.717) is 23.8 Å². The number of hydrogen-bond donors (Lipinski definition) is 2. The Morgan fingerprint density at radius 3 is 2.25 bits per heavy atom. The number of carbonyl (C=O) groups excluding carboxylic acids is 1. The fourth-order valence-corrected chi connectivity index (χ4v) is 2.96. The maximum absolute atomic E-state index is 11.6. The van der Waals surface area contributed by atoms with E-state index < -0.39 is 0 Å². The Kier molecular flexibility index (Phi) is 7.01. The minimum Gasteiger partial charge on any atom is -0.356 e. The topological polar surface area (TPSA) is 41.1 Å². The molecule has 1 amide bonds. The van der Waals surface area contributed by atoms with Crippen LogP contribution >= 0.6 is 0 Å². The van der Waals surface area contributed by atoms with Gasteiger partial charge in [-0.15, -0.1) is 0 Å². The van der Waals surface area contributed by atoms with Crippen LogP contribution in [0.3, 0.4) is 0 Å². The summed E-state index contributed by atoms with van der Waals surface area (Å²) >= 11 is 0. The largest absolute Gasteiger partial charge is 0.356 e. The lowest BCUT2D eigenvalue weighted by Crippen LogP contribution is -2.38. The highest BCUT2D eigenvalue weighted by Gasteiger charge is 2.29. The van der Waals surface area contributed by atoms with Crippen LogP contribution in [-0.2, 0) is 4.79 Å². The lowest BCUT2D eigenvalue weighted by molar-refractivity contribution is -0.121. The average molecular weight is 282 g/mol. The summed E-state index contributed by atoms with van der Waals surface area (Å²) in [4.78, 5) is 11.6. The molecule has 3 nitrogen and oxygen atoms in total. The quantitative estimate of drug-likeness (QED) is 0.784. The van der Waals surface area contributed by atoms with Crippen molar-refractivity contribution in [3.63, 3.8) is 0 Å². The molecular formula is C17H34N2O. The second-order valence-electron chi connectivity index (χ2n) is 7.82. The predicted molar refractivity (Wildman–Crippen MR) is 85.7 cm³/mol. The highest BCUT2D eigenvalue weighted by Crippen LogP contribution is 2.37. The molecule has 20 heavy (non-hydrogen) atoms. The first-order valence-corrected chi connectivity index (χ1v) is 8.29. The Bertz CT molecular complexity index is 286. The zero-order valence-corrected chi connectivity index (χ0v) is 14.1. The van der Waals surface area contributed by atoms with E-state index in [0.717, 1.165) is 19.0 Å². The molecule has 0 aromatic carbocycles. The van der Waals surface area contributed by atoms with E-state index in [1.165, 1.54) is 25.7 Å². The molecule has 1 aliphatic rings. The molecule has 118 valence electrons. The van der Waals surface area contributed by atoms with E-state index in [-0.39, 0.29) is 5.91 Å². The molecule has 0 saturated heterocycles. The van der Waals surface area contributed by atoms with Gasteiger partial charge in [0, 0.05) is 25.6 Å². The summed E-state index contributed by atoms with van der Waals surface area (Å²) in [6, 6.07) is 0.617. The van der Waals surface area contributed by atoms with Crippen LogP contribution in [0.4, 0.5) is 0 Å². The Balaban J connectivity index is 2.11. The summed E-state index contributed by atoms with van der Waals surface area (Å²) in [5.41, 5.74) is 0.446. The molecule has 2 N–H and O–H groups in total. The SMILES string of the molecule is CC(C)CNC(=O)CCNC1CCC(C(C)(C)C)CC1. The minimum absolute atomic E-state index is 0.176. The normalized spacial score (nSPS) is 23.9. The molecule has 0 aliphatic heterocycles. The molecule has 0 aromatic rings. The molecule has 0 aromatic heterocycles. The van der Waals surface area contributed by atoms with Gasteiger partial charge in [-0.1, -0.05) is 34.6 Å². The van der Waals surface area contributed by atoms with Crippen LogP contribution in [-0.4, -0.2) is 25.0 Å². The Morgan fingerprint density at radius 1 is 1.15 bits per heavy atom. The summed E-state index contributed by atoms with van der Waals surface area (Å²) in [5, 5.41) is 6.52. The van der Waals surface area contributed by atoms with Gasteiger partial charge >= 0.3 is 0 Å². The van der Waals surface area contributed by atoms with Gasteiger partial charge < -0.3 is 10.6 Å². The first-order chi connectivity index (χ1) is 9.29. The van der Waals surface area contributed by atoms with Gasteiger partial charge in [0.2, 0.25) is 5.91 Å². The van der Waals surface area contributed by atoms with Crippen LogP contribution < -0.4 is 10.6 Å². The molecule has 3 heteroatoms. The number of hydrogen-bond acceptors (Lipinski definition) is 2. The van der Waals surface area contributed by atoms with Crippen LogP contribution in [0.15, 0.2) is 0 Å². The molecule has 1 aliphatic carbocycles. The second kappa shape index (κ2) is 8.02. The van der Waals surface area contributed by atoms with Gasteiger partial charge in [-0.3, -0.25) is 4.79 Å². The van der Waals surface area contributed by atoms with Crippen molar-refractivity contribution in [2.45, 2.75) is 72.8 Å². The van der Waals surface area contributed by atoms with Gasteiger partial charge in [-0.2, -0.15) is 0 Å². The van der Waals surface area contributed by atoms with Gasteiger partial charge in [0.25, 0.3) is 0 Å². The number of rotatable bonds is 6. The Hall–Kier alpha value is -0.570. The minimum atomic E-state index is 0.176. The first kappa shape index (κ1) is 17.5. The van der Waals surface area contributed by atoms with Gasteiger partial charge in [0.15, 0.2) is 0 Å². The standard InChI is InChI=1S/C17H34N2O/c1-13(2)12-19-16(20)10-11-18-15-8-6-14(7-9-15)17(3,4)5/h13-15,18H,6-12H2,1-5H3,(H,19,20). The molecule has 0 bridgehead atoms. The molecule has 0 atom stereocenters. The van der Waals surface area contributed by atoms with E-state index in [4.69, 9.17) is 0 Å². The maximum Gasteiger partial charge on any atom is 0.221 e. The van der Waals surface area contributed by atoms with E-state index in [9.17, 15) is 4.79 Å². The third-order valence-electron chi connectivity index (χ3n) is 4.44. The van der Waals surface area contributed by atoms with E-state index in [1.54, 1.807) is 0 Å². The van der Waals surface area contributed by atoms with Crippen LogP contribution in [0, 0.1) is 17.3 Å². The van der Waals surface area contributed by atoms with Gasteiger partial charge in [0.05, 0.1) is 0 Å². The van der Waals surface area contributed by atoms with Gasteiger partial charge in [-0.25, -0.2) is 0 Å². The highest BCUT2D eigenvalue weighted by molar-refractivity contribution is 5.76. The smallest absolute Gasteiger partial charge is 0.221 e. The molecule has 1 saturated carbocycles. The maximum atomic E-state index is 11.6. The molecule has 0 spiro atoms. The monoisotopic (exact) mass is 282 g/mol. The van der Waals surface area contributed by atoms with Crippen molar-refractivity contribution < 1.29 is 4.79 Å².